The SMILES string of the molecule is CCCc1ccc(C2=CCC(c3ccc(/C=C/c4ccc(OCC)cc4F)cc3)C(F)=C2F)cc1. The number of hydrogen-bond donors (Lipinski definition) is 0. The molecule has 4 rings (SSSR count). The summed E-state index contributed by atoms with van der Waals surface area (Å²) in [7, 11) is 0. The molecule has 0 N–H and O–H groups in total. The average Bonchev–Trinajstić information content (AvgIpc) is 2.87. The number of rotatable bonds is 8. The summed E-state index contributed by atoms with van der Waals surface area (Å²) in [6, 6.07) is 19.7. The molecular weight excluding hydrogens is 445 g/mol. The van der Waals surface area contributed by atoms with Crippen molar-refractivity contribution in [2.24, 2.45) is 0 Å². The van der Waals surface area contributed by atoms with Gasteiger partial charge in [-0.3, -0.25) is 0 Å². The maximum atomic E-state index is 15.1. The molecule has 1 aliphatic rings. The van der Waals surface area contributed by atoms with Crippen molar-refractivity contribution in [3.05, 3.63) is 118 Å². The van der Waals surface area contributed by atoms with Crippen molar-refractivity contribution >= 4 is 17.7 Å². The van der Waals surface area contributed by atoms with Crippen LogP contribution in [-0.4, -0.2) is 6.61 Å². The Kier molecular flexibility index (Phi) is 7.91. The van der Waals surface area contributed by atoms with E-state index >= 15 is 4.39 Å². The molecule has 0 amide bonds. The first-order valence-corrected chi connectivity index (χ1v) is 12.1. The number of ether oxygens (including phenoxy) is 1. The second kappa shape index (κ2) is 11.3. The van der Waals surface area contributed by atoms with Gasteiger partial charge in [-0.1, -0.05) is 80.1 Å². The molecule has 4 heteroatoms. The Morgan fingerprint density at radius 3 is 2.29 bits per heavy atom. The van der Waals surface area contributed by atoms with Crippen LogP contribution in [0.15, 0.2) is 84.5 Å². The molecule has 0 saturated carbocycles. The van der Waals surface area contributed by atoms with Crippen molar-refractivity contribution in [1.82, 2.24) is 0 Å². The van der Waals surface area contributed by atoms with Gasteiger partial charge in [0.05, 0.1) is 6.61 Å². The molecule has 0 fully saturated rings. The molecule has 180 valence electrons. The van der Waals surface area contributed by atoms with E-state index < -0.39 is 17.6 Å². The molecule has 0 spiro atoms. The van der Waals surface area contributed by atoms with Gasteiger partial charge in [0, 0.05) is 23.1 Å². The van der Waals surface area contributed by atoms with Crippen molar-refractivity contribution in [3.8, 4) is 5.75 Å². The lowest BCUT2D eigenvalue weighted by atomic mass is 9.86. The number of halogens is 3. The smallest absolute Gasteiger partial charge is 0.162 e. The molecule has 0 saturated heterocycles. The number of allylic oxidation sites excluding steroid dienone is 4. The zero-order valence-corrected chi connectivity index (χ0v) is 20.0. The minimum atomic E-state index is -0.792. The molecule has 1 aliphatic carbocycles. The van der Waals surface area contributed by atoms with Crippen LogP contribution in [-0.2, 0) is 6.42 Å². The van der Waals surface area contributed by atoms with E-state index in [0.29, 0.717) is 41.0 Å². The van der Waals surface area contributed by atoms with Crippen molar-refractivity contribution in [1.29, 1.82) is 0 Å². The molecule has 1 nitrogen and oxygen atoms in total. The van der Waals surface area contributed by atoms with Crippen LogP contribution in [0.3, 0.4) is 0 Å². The van der Waals surface area contributed by atoms with Crippen LogP contribution in [0, 0.1) is 5.82 Å². The second-order valence-electron chi connectivity index (χ2n) is 8.63. The van der Waals surface area contributed by atoms with Gasteiger partial charge in [-0.2, -0.15) is 0 Å². The van der Waals surface area contributed by atoms with E-state index in [0.717, 1.165) is 18.4 Å². The van der Waals surface area contributed by atoms with Crippen LogP contribution < -0.4 is 4.74 Å². The van der Waals surface area contributed by atoms with Gasteiger partial charge in [0.2, 0.25) is 0 Å². The fourth-order valence-corrected chi connectivity index (χ4v) is 4.30. The number of hydrogen-bond acceptors (Lipinski definition) is 1. The van der Waals surface area contributed by atoms with Gasteiger partial charge in [0.15, 0.2) is 5.83 Å². The van der Waals surface area contributed by atoms with Crippen molar-refractivity contribution in [2.75, 3.05) is 6.61 Å². The van der Waals surface area contributed by atoms with Crippen LogP contribution in [0.4, 0.5) is 13.2 Å². The molecule has 1 unspecified atom stereocenters. The van der Waals surface area contributed by atoms with E-state index in [1.165, 1.54) is 11.6 Å². The van der Waals surface area contributed by atoms with Gasteiger partial charge < -0.3 is 4.74 Å². The van der Waals surface area contributed by atoms with Gasteiger partial charge in [0.1, 0.15) is 17.4 Å². The lowest BCUT2D eigenvalue weighted by molar-refractivity contribution is 0.338. The van der Waals surface area contributed by atoms with E-state index in [2.05, 4.69) is 6.92 Å². The van der Waals surface area contributed by atoms with Gasteiger partial charge >= 0.3 is 0 Å². The Labute approximate surface area is 205 Å². The zero-order valence-electron chi connectivity index (χ0n) is 20.0. The summed E-state index contributed by atoms with van der Waals surface area (Å²) in [5.41, 5.74) is 4.19. The summed E-state index contributed by atoms with van der Waals surface area (Å²) in [5.74, 6) is -2.05. The summed E-state index contributed by atoms with van der Waals surface area (Å²) in [6.45, 7) is 4.44. The lowest BCUT2D eigenvalue weighted by Crippen LogP contribution is -2.06. The summed E-state index contributed by atoms with van der Waals surface area (Å²) in [4.78, 5) is 0. The third-order valence-corrected chi connectivity index (χ3v) is 6.19. The summed E-state index contributed by atoms with van der Waals surface area (Å²) in [5, 5.41) is 0. The molecule has 0 radical (unpaired) electrons. The van der Waals surface area contributed by atoms with Gasteiger partial charge in [-0.15, -0.1) is 0 Å². The summed E-state index contributed by atoms with van der Waals surface area (Å²) in [6.07, 6.45) is 7.64. The molecule has 0 aromatic heterocycles. The van der Waals surface area contributed by atoms with Crippen molar-refractivity contribution in [3.63, 3.8) is 0 Å². The molecule has 0 aliphatic heterocycles. The quantitative estimate of drug-likeness (QED) is 0.296. The molecule has 1 atom stereocenters. The normalized spacial score (nSPS) is 16.0. The minimum absolute atomic E-state index is 0.318. The maximum absolute atomic E-state index is 15.1. The first-order chi connectivity index (χ1) is 17.0. The Bertz CT molecular complexity index is 1250. The van der Waals surface area contributed by atoms with E-state index in [1.54, 1.807) is 42.5 Å². The third kappa shape index (κ3) is 5.76. The zero-order chi connectivity index (χ0) is 24.8. The van der Waals surface area contributed by atoms with E-state index in [9.17, 15) is 8.78 Å². The molecular formula is C31H29F3O. The second-order valence-corrected chi connectivity index (χ2v) is 8.63. The highest BCUT2D eigenvalue weighted by atomic mass is 19.2. The first-order valence-electron chi connectivity index (χ1n) is 12.1. The largest absolute Gasteiger partial charge is 0.494 e. The Balaban J connectivity index is 1.46. The van der Waals surface area contributed by atoms with E-state index in [-0.39, 0.29) is 5.82 Å². The highest BCUT2D eigenvalue weighted by Gasteiger charge is 2.27. The van der Waals surface area contributed by atoms with Crippen molar-refractivity contribution in [2.45, 2.75) is 39.0 Å². The minimum Gasteiger partial charge on any atom is -0.494 e. The predicted octanol–water partition coefficient (Wildman–Crippen LogP) is 9.07. The monoisotopic (exact) mass is 474 g/mol. The Morgan fingerprint density at radius 1 is 0.886 bits per heavy atom. The highest BCUT2D eigenvalue weighted by molar-refractivity contribution is 5.79. The molecule has 3 aromatic rings. The lowest BCUT2D eigenvalue weighted by Gasteiger charge is -2.21. The number of aryl methyl sites for hydroxylation is 1. The fourth-order valence-electron chi connectivity index (χ4n) is 4.30. The maximum Gasteiger partial charge on any atom is 0.162 e. The van der Waals surface area contributed by atoms with Crippen LogP contribution in [0.1, 0.15) is 60.4 Å². The van der Waals surface area contributed by atoms with Crippen LogP contribution in [0.5, 0.6) is 5.75 Å². The molecule has 0 bridgehead atoms. The highest BCUT2D eigenvalue weighted by Crippen LogP contribution is 2.42. The van der Waals surface area contributed by atoms with Gasteiger partial charge in [-0.25, -0.2) is 13.2 Å². The van der Waals surface area contributed by atoms with Crippen LogP contribution in [0.2, 0.25) is 0 Å². The molecule has 0 heterocycles. The number of benzene rings is 3. The van der Waals surface area contributed by atoms with Gasteiger partial charge in [-0.05, 0) is 54.2 Å². The fraction of sp³-hybridized carbons (Fsp3) is 0.226. The van der Waals surface area contributed by atoms with Crippen LogP contribution >= 0.6 is 0 Å². The van der Waals surface area contributed by atoms with Crippen molar-refractivity contribution < 1.29 is 17.9 Å². The Morgan fingerprint density at radius 2 is 1.63 bits per heavy atom. The Hall–Kier alpha value is -3.53. The third-order valence-electron chi connectivity index (χ3n) is 6.19. The topological polar surface area (TPSA) is 9.23 Å². The van der Waals surface area contributed by atoms with Crippen LogP contribution in [0.25, 0.3) is 17.7 Å². The van der Waals surface area contributed by atoms with E-state index in [4.69, 9.17) is 4.74 Å². The summed E-state index contributed by atoms with van der Waals surface area (Å²) >= 11 is 0. The predicted molar refractivity (Wildman–Crippen MR) is 138 cm³/mol. The summed E-state index contributed by atoms with van der Waals surface area (Å²) < 4.78 is 49.6. The van der Waals surface area contributed by atoms with E-state index in [1.807, 2.05) is 43.3 Å². The molecule has 3 aromatic carbocycles. The average molecular weight is 475 g/mol. The van der Waals surface area contributed by atoms with Gasteiger partial charge in [0.25, 0.3) is 0 Å². The standard InChI is InChI=1S/C31H29F3O/c1-3-5-21-6-11-23(12-7-21)27-18-19-28(31(34)30(27)33)24-13-8-22(9-14-24)10-15-25-16-17-26(35-4-2)20-29(25)32/h6-18,20,28H,3-5,19H2,1-2H3/b15-10+. The molecule has 35 heavy (non-hydrogen) atoms. The first kappa shape index (κ1) is 24.6.